The van der Waals surface area contributed by atoms with Crippen LogP contribution in [0.15, 0.2) is 59.6 Å². The monoisotopic (exact) mass is 323 g/mol. The Morgan fingerprint density at radius 3 is 2.43 bits per heavy atom. The molecule has 0 spiro atoms. The first-order valence-corrected chi connectivity index (χ1v) is 7.89. The number of aliphatic imine (C=N–C) groups is 1. The Balaban J connectivity index is 1.84. The van der Waals surface area contributed by atoms with Gasteiger partial charge in [-0.3, -0.25) is 9.67 Å². The predicted octanol–water partition coefficient (Wildman–Crippen LogP) is 4.95. The van der Waals surface area contributed by atoms with Crippen molar-refractivity contribution in [3.63, 3.8) is 0 Å². The van der Waals surface area contributed by atoms with Crippen molar-refractivity contribution in [2.24, 2.45) is 4.99 Å². The Labute approximate surface area is 141 Å². The molecule has 0 saturated heterocycles. The largest absolute Gasteiger partial charge is 0.265 e. The molecule has 0 aliphatic rings. The van der Waals surface area contributed by atoms with E-state index in [4.69, 9.17) is 11.6 Å². The highest BCUT2D eigenvalue weighted by atomic mass is 35.5. The van der Waals surface area contributed by atoms with E-state index in [1.54, 1.807) is 0 Å². The van der Waals surface area contributed by atoms with Gasteiger partial charge in [-0.15, -0.1) is 0 Å². The van der Waals surface area contributed by atoms with Gasteiger partial charge in [0.05, 0.1) is 17.9 Å². The van der Waals surface area contributed by atoms with E-state index in [1.165, 1.54) is 5.56 Å². The molecular formula is C19H18ClN3. The summed E-state index contributed by atoms with van der Waals surface area (Å²) in [5, 5.41) is 5.35. The van der Waals surface area contributed by atoms with E-state index in [0.717, 1.165) is 29.2 Å². The minimum absolute atomic E-state index is 0.715. The van der Waals surface area contributed by atoms with Gasteiger partial charge in [-0.2, -0.15) is 5.10 Å². The smallest absolute Gasteiger partial charge is 0.0684 e. The van der Waals surface area contributed by atoms with E-state index >= 15 is 0 Å². The summed E-state index contributed by atoms with van der Waals surface area (Å²) in [5.41, 5.74) is 5.28. The predicted molar refractivity (Wildman–Crippen MR) is 96.0 cm³/mol. The van der Waals surface area contributed by atoms with Crippen molar-refractivity contribution in [1.82, 2.24) is 9.78 Å². The van der Waals surface area contributed by atoms with Gasteiger partial charge in [-0.25, -0.2) is 0 Å². The second-order valence-electron chi connectivity index (χ2n) is 5.46. The Morgan fingerprint density at radius 2 is 1.74 bits per heavy atom. The lowest BCUT2D eigenvalue weighted by Crippen LogP contribution is -2.04. The zero-order valence-electron chi connectivity index (χ0n) is 13.2. The minimum atomic E-state index is 0.715. The van der Waals surface area contributed by atoms with Gasteiger partial charge in [-0.1, -0.05) is 41.9 Å². The molecule has 23 heavy (non-hydrogen) atoms. The number of hydrogen-bond acceptors (Lipinski definition) is 2. The maximum Gasteiger partial charge on any atom is 0.0684 e. The fraction of sp³-hybridized carbons (Fsp3) is 0.158. The second-order valence-corrected chi connectivity index (χ2v) is 5.90. The van der Waals surface area contributed by atoms with Gasteiger partial charge in [0, 0.05) is 22.5 Å². The molecule has 0 bridgehead atoms. The highest BCUT2D eigenvalue weighted by Crippen LogP contribution is 2.18. The van der Waals surface area contributed by atoms with Crippen molar-refractivity contribution >= 4 is 23.5 Å². The zero-order valence-corrected chi connectivity index (χ0v) is 14.0. The minimum Gasteiger partial charge on any atom is -0.265 e. The topological polar surface area (TPSA) is 30.2 Å². The molecule has 3 rings (SSSR count). The van der Waals surface area contributed by atoms with Crippen LogP contribution in [-0.2, 0) is 6.54 Å². The molecule has 0 atom stereocenters. The highest BCUT2D eigenvalue weighted by molar-refractivity contribution is 6.30. The molecule has 0 amide bonds. The maximum atomic E-state index is 5.89. The third-order valence-electron chi connectivity index (χ3n) is 3.78. The Morgan fingerprint density at radius 1 is 1.04 bits per heavy atom. The van der Waals surface area contributed by atoms with Crippen molar-refractivity contribution in [3.8, 4) is 0 Å². The molecule has 1 aromatic heterocycles. The van der Waals surface area contributed by atoms with Crippen molar-refractivity contribution in [3.05, 3.63) is 82.1 Å². The van der Waals surface area contributed by atoms with Gasteiger partial charge >= 0.3 is 0 Å². The lowest BCUT2D eigenvalue weighted by atomic mass is 10.2. The van der Waals surface area contributed by atoms with Crippen LogP contribution < -0.4 is 0 Å². The van der Waals surface area contributed by atoms with Crippen LogP contribution in [0.3, 0.4) is 0 Å². The van der Waals surface area contributed by atoms with Gasteiger partial charge in [0.25, 0.3) is 0 Å². The first-order valence-electron chi connectivity index (χ1n) is 7.51. The van der Waals surface area contributed by atoms with Crippen LogP contribution in [0.4, 0.5) is 5.69 Å². The zero-order chi connectivity index (χ0) is 16.2. The molecule has 0 aliphatic carbocycles. The maximum absolute atomic E-state index is 5.89. The van der Waals surface area contributed by atoms with Gasteiger partial charge in [0.15, 0.2) is 0 Å². The van der Waals surface area contributed by atoms with Crippen molar-refractivity contribution in [2.75, 3.05) is 0 Å². The fourth-order valence-corrected chi connectivity index (χ4v) is 2.60. The van der Waals surface area contributed by atoms with Crippen molar-refractivity contribution < 1.29 is 0 Å². The van der Waals surface area contributed by atoms with Crippen LogP contribution in [0, 0.1) is 13.8 Å². The van der Waals surface area contributed by atoms with Crippen LogP contribution in [0.5, 0.6) is 0 Å². The summed E-state index contributed by atoms with van der Waals surface area (Å²) in [6, 6.07) is 17.8. The van der Waals surface area contributed by atoms with Crippen LogP contribution in [0.25, 0.3) is 0 Å². The van der Waals surface area contributed by atoms with E-state index < -0.39 is 0 Å². The summed E-state index contributed by atoms with van der Waals surface area (Å²) in [6.45, 7) is 4.85. The first kappa shape index (κ1) is 15.5. The van der Waals surface area contributed by atoms with Gasteiger partial charge in [-0.05, 0) is 43.7 Å². The van der Waals surface area contributed by atoms with Gasteiger partial charge in [0.1, 0.15) is 0 Å². The van der Waals surface area contributed by atoms with E-state index in [1.807, 2.05) is 60.3 Å². The average Bonchev–Trinajstić information content (AvgIpc) is 2.82. The van der Waals surface area contributed by atoms with Gasteiger partial charge in [0.2, 0.25) is 0 Å². The van der Waals surface area contributed by atoms with Crippen LogP contribution in [0.1, 0.15) is 22.5 Å². The molecule has 0 fully saturated rings. The molecule has 3 nitrogen and oxygen atoms in total. The SMILES string of the molecule is Cc1nn(Cc2ccccc2)c(C)c1C=Nc1ccc(Cl)cc1. The third-order valence-corrected chi connectivity index (χ3v) is 4.03. The Bertz CT molecular complexity index is 818. The lowest BCUT2D eigenvalue weighted by molar-refractivity contribution is 0.659. The van der Waals surface area contributed by atoms with Gasteiger partial charge < -0.3 is 0 Å². The molecule has 2 aromatic carbocycles. The molecule has 0 N–H and O–H groups in total. The summed E-state index contributed by atoms with van der Waals surface area (Å²) < 4.78 is 2.02. The molecule has 4 heteroatoms. The number of halogens is 1. The summed E-state index contributed by atoms with van der Waals surface area (Å²) in [7, 11) is 0. The number of benzene rings is 2. The summed E-state index contributed by atoms with van der Waals surface area (Å²) in [5.74, 6) is 0. The molecule has 116 valence electrons. The Kier molecular flexibility index (Phi) is 4.58. The number of hydrogen-bond donors (Lipinski definition) is 0. The quantitative estimate of drug-likeness (QED) is 0.625. The molecule has 0 aliphatic heterocycles. The normalized spacial score (nSPS) is 11.3. The van der Waals surface area contributed by atoms with E-state index in [9.17, 15) is 0 Å². The average molecular weight is 324 g/mol. The molecule has 0 saturated carbocycles. The molecule has 1 heterocycles. The lowest BCUT2D eigenvalue weighted by Gasteiger charge is -2.04. The third kappa shape index (κ3) is 3.69. The number of aryl methyl sites for hydroxylation is 1. The molecule has 0 unspecified atom stereocenters. The fourth-order valence-electron chi connectivity index (χ4n) is 2.47. The van der Waals surface area contributed by atoms with Crippen molar-refractivity contribution in [1.29, 1.82) is 0 Å². The summed E-state index contributed by atoms with van der Waals surface area (Å²) >= 11 is 5.89. The summed E-state index contributed by atoms with van der Waals surface area (Å²) in [6.07, 6.45) is 1.88. The van der Waals surface area contributed by atoms with Crippen LogP contribution >= 0.6 is 11.6 Å². The molecule has 0 radical (unpaired) electrons. The second kappa shape index (κ2) is 6.80. The number of nitrogens with zero attached hydrogens (tertiary/aromatic N) is 3. The molecular weight excluding hydrogens is 306 g/mol. The van der Waals surface area contributed by atoms with Crippen LogP contribution in [0.2, 0.25) is 5.02 Å². The number of aromatic nitrogens is 2. The standard InChI is InChI=1S/C19H18ClN3/c1-14-19(12-21-18-10-8-17(20)9-11-18)15(2)23(22-14)13-16-6-4-3-5-7-16/h3-12H,13H2,1-2H3. The summed E-state index contributed by atoms with van der Waals surface area (Å²) in [4.78, 5) is 4.52. The van der Waals surface area contributed by atoms with E-state index in [0.29, 0.717) is 5.02 Å². The highest BCUT2D eigenvalue weighted by Gasteiger charge is 2.09. The number of rotatable bonds is 4. The van der Waals surface area contributed by atoms with E-state index in [-0.39, 0.29) is 0 Å². The van der Waals surface area contributed by atoms with Crippen LogP contribution in [-0.4, -0.2) is 16.0 Å². The van der Waals surface area contributed by atoms with E-state index in [2.05, 4.69) is 29.1 Å². The Hall–Kier alpha value is -2.39. The van der Waals surface area contributed by atoms with Crippen molar-refractivity contribution in [2.45, 2.75) is 20.4 Å². The first-order chi connectivity index (χ1) is 11.1. The molecule has 3 aromatic rings.